The smallest absolute Gasteiger partial charge is 0.140 e. The van der Waals surface area contributed by atoms with Crippen molar-refractivity contribution in [3.63, 3.8) is 0 Å². The Labute approximate surface area is 91.1 Å². The maximum Gasteiger partial charge on any atom is 0.140 e. The zero-order valence-corrected chi connectivity index (χ0v) is 9.38. The van der Waals surface area contributed by atoms with E-state index in [1.807, 2.05) is 0 Å². The van der Waals surface area contributed by atoms with Crippen molar-refractivity contribution in [2.75, 3.05) is 13.1 Å². The summed E-state index contributed by atoms with van der Waals surface area (Å²) in [5, 5.41) is 9.27. The van der Waals surface area contributed by atoms with Crippen molar-refractivity contribution in [3.8, 4) is 6.07 Å². The van der Waals surface area contributed by atoms with Crippen LogP contribution in [0.2, 0.25) is 0 Å². The maximum absolute atomic E-state index is 13.9. The molecule has 0 aromatic carbocycles. The summed E-state index contributed by atoms with van der Waals surface area (Å²) in [6.45, 7) is 4.03. The van der Waals surface area contributed by atoms with Crippen LogP contribution in [-0.2, 0) is 0 Å². The first-order chi connectivity index (χ1) is 7.19. The van der Waals surface area contributed by atoms with Gasteiger partial charge in [0, 0.05) is 13.1 Å². The van der Waals surface area contributed by atoms with Gasteiger partial charge in [-0.2, -0.15) is 5.26 Å². The molecule has 2 atom stereocenters. The van der Waals surface area contributed by atoms with Gasteiger partial charge in [-0.15, -0.1) is 0 Å². The fourth-order valence-corrected chi connectivity index (χ4v) is 2.91. The van der Waals surface area contributed by atoms with Gasteiger partial charge in [-0.25, -0.2) is 4.39 Å². The zero-order chi connectivity index (χ0) is 10.9. The first kappa shape index (κ1) is 10.9. The average molecular weight is 210 g/mol. The Morgan fingerprint density at radius 1 is 1.33 bits per heavy atom. The molecular weight excluding hydrogens is 191 g/mol. The Hall–Kier alpha value is -0.620. The van der Waals surface area contributed by atoms with Gasteiger partial charge in [0.15, 0.2) is 0 Å². The molecule has 84 valence electrons. The number of alkyl halides is 1. The van der Waals surface area contributed by atoms with Gasteiger partial charge < -0.3 is 0 Å². The molecule has 0 spiro atoms. The van der Waals surface area contributed by atoms with Crippen LogP contribution in [0.1, 0.15) is 39.0 Å². The van der Waals surface area contributed by atoms with Gasteiger partial charge in [-0.3, -0.25) is 4.90 Å². The Morgan fingerprint density at radius 3 is 2.47 bits per heavy atom. The molecule has 15 heavy (non-hydrogen) atoms. The van der Waals surface area contributed by atoms with E-state index in [9.17, 15) is 9.65 Å². The lowest BCUT2D eigenvalue weighted by Crippen LogP contribution is -2.54. The van der Waals surface area contributed by atoms with E-state index >= 15 is 0 Å². The molecular formula is C12H19FN2. The topological polar surface area (TPSA) is 27.0 Å². The van der Waals surface area contributed by atoms with Crippen LogP contribution in [0.5, 0.6) is 0 Å². The van der Waals surface area contributed by atoms with Crippen molar-refractivity contribution < 1.29 is 4.39 Å². The lowest BCUT2D eigenvalue weighted by molar-refractivity contribution is 0.0472. The van der Waals surface area contributed by atoms with Crippen LogP contribution < -0.4 is 0 Å². The van der Waals surface area contributed by atoms with E-state index in [-0.39, 0.29) is 0 Å². The highest BCUT2D eigenvalue weighted by Crippen LogP contribution is 2.39. The summed E-state index contributed by atoms with van der Waals surface area (Å²) in [6.07, 6.45) is 3.43. The van der Waals surface area contributed by atoms with E-state index < -0.39 is 11.7 Å². The molecule has 2 rings (SSSR count). The van der Waals surface area contributed by atoms with Gasteiger partial charge >= 0.3 is 0 Å². The van der Waals surface area contributed by atoms with Crippen LogP contribution >= 0.6 is 0 Å². The number of halogens is 1. The second-order valence-electron chi connectivity index (χ2n) is 5.07. The van der Waals surface area contributed by atoms with E-state index in [1.165, 1.54) is 0 Å². The van der Waals surface area contributed by atoms with Gasteiger partial charge in [-0.1, -0.05) is 6.92 Å². The Bertz CT molecular complexity index is 265. The molecule has 0 amide bonds. The van der Waals surface area contributed by atoms with Gasteiger partial charge in [-0.05, 0) is 38.0 Å². The van der Waals surface area contributed by atoms with Crippen molar-refractivity contribution in [3.05, 3.63) is 0 Å². The molecule has 1 saturated carbocycles. The van der Waals surface area contributed by atoms with Crippen LogP contribution in [-0.4, -0.2) is 29.7 Å². The number of nitrogens with zero attached hydrogens (tertiary/aromatic N) is 2. The number of piperidine rings is 1. The summed E-state index contributed by atoms with van der Waals surface area (Å²) in [5.41, 5.74) is -0.778. The van der Waals surface area contributed by atoms with Gasteiger partial charge in [0.2, 0.25) is 0 Å². The third kappa shape index (κ3) is 1.76. The lowest BCUT2D eigenvalue weighted by atomic mass is 9.90. The second-order valence-corrected chi connectivity index (χ2v) is 5.07. The molecule has 1 heterocycles. The third-order valence-electron chi connectivity index (χ3n) is 4.08. The fraction of sp³-hybridized carbons (Fsp3) is 0.917. The number of hydrogen-bond acceptors (Lipinski definition) is 2. The van der Waals surface area contributed by atoms with E-state index in [1.54, 1.807) is 0 Å². The van der Waals surface area contributed by atoms with Crippen LogP contribution in [0.15, 0.2) is 0 Å². The molecule has 3 heteroatoms. The SMILES string of the molecule is CC1CCN(C2(C#N)CCCC2F)CC1. The van der Waals surface area contributed by atoms with Crippen molar-refractivity contribution in [1.82, 2.24) is 4.90 Å². The molecule has 2 aliphatic rings. The molecule has 1 aliphatic heterocycles. The minimum atomic E-state index is -0.934. The minimum Gasteiger partial charge on any atom is -0.283 e. The summed E-state index contributed by atoms with van der Waals surface area (Å²) in [7, 11) is 0. The molecule has 2 nitrogen and oxygen atoms in total. The summed E-state index contributed by atoms with van der Waals surface area (Å²) in [5.74, 6) is 0.733. The van der Waals surface area contributed by atoms with Crippen LogP contribution in [0.3, 0.4) is 0 Å². The lowest BCUT2D eigenvalue weighted by Gasteiger charge is -2.41. The summed E-state index contributed by atoms with van der Waals surface area (Å²) < 4.78 is 13.9. The van der Waals surface area contributed by atoms with E-state index in [0.29, 0.717) is 6.42 Å². The monoisotopic (exact) mass is 210 g/mol. The molecule has 2 fully saturated rings. The highest BCUT2D eigenvalue weighted by Gasteiger charge is 2.48. The van der Waals surface area contributed by atoms with Crippen LogP contribution in [0, 0.1) is 17.2 Å². The number of nitriles is 1. The number of rotatable bonds is 1. The van der Waals surface area contributed by atoms with E-state index in [4.69, 9.17) is 0 Å². The predicted octanol–water partition coefficient (Wildman–Crippen LogP) is 2.50. The van der Waals surface area contributed by atoms with Crippen molar-refractivity contribution in [2.24, 2.45) is 5.92 Å². The fourth-order valence-electron chi connectivity index (χ4n) is 2.91. The molecule has 0 N–H and O–H groups in total. The van der Waals surface area contributed by atoms with E-state index in [2.05, 4.69) is 17.9 Å². The third-order valence-corrected chi connectivity index (χ3v) is 4.08. The first-order valence-corrected chi connectivity index (χ1v) is 5.99. The van der Waals surface area contributed by atoms with E-state index in [0.717, 1.165) is 44.7 Å². The summed E-state index contributed by atoms with van der Waals surface area (Å²) in [6, 6.07) is 2.26. The largest absolute Gasteiger partial charge is 0.283 e. The molecule has 0 radical (unpaired) electrons. The van der Waals surface area contributed by atoms with Gasteiger partial charge in [0.25, 0.3) is 0 Å². The first-order valence-electron chi connectivity index (χ1n) is 5.99. The Morgan fingerprint density at radius 2 is 2.00 bits per heavy atom. The highest BCUT2D eigenvalue weighted by molar-refractivity contribution is 5.16. The molecule has 1 saturated heterocycles. The number of likely N-dealkylation sites (tertiary alicyclic amines) is 1. The Kier molecular flexibility index (Phi) is 2.97. The van der Waals surface area contributed by atoms with Gasteiger partial charge in [0.1, 0.15) is 11.7 Å². The minimum absolute atomic E-state index is 0.569. The van der Waals surface area contributed by atoms with Crippen molar-refractivity contribution in [2.45, 2.75) is 50.7 Å². The highest BCUT2D eigenvalue weighted by atomic mass is 19.1. The van der Waals surface area contributed by atoms with Crippen LogP contribution in [0.25, 0.3) is 0 Å². The maximum atomic E-state index is 13.9. The number of hydrogen-bond donors (Lipinski definition) is 0. The second kappa shape index (κ2) is 4.09. The molecule has 1 aliphatic carbocycles. The average Bonchev–Trinajstić information content (AvgIpc) is 2.62. The summed E-state index contributed by atoms with van der Waals surface area (Å²) >= 11 is 0. The van der Waals surface area contributed by atoms with Crippen molar-refractivity contribution >= 4 is 0 Å². The predicted molar refractivity (Wildman–Crippen MR) is 57.1 cm³/mol. The molecule has 0 aromatic heterocycles. The zero-order valence-electron chi connectivity index (χ0n) is 9.38. The summed E-state index contributed by atoms with van der Waals surface area (Å²) in [4.78, 5) is 2.10. The molecule has 2 unspecified atom stereocenters. The molecule has 0 aromatic rings. The van der Waals surface area contributed by atoms with Crippen LogP contribution in [0.4, 0.5) is 4.39 Å². The quantitative estimate of drug-likeness (QED) is 0.665. The van der Waals surface area contributed by atoms with Gasteiger partial charge in [0.05, 0.1) is 6.07 Å². The Balaban J connectivity index is 2.10. The standard InChI is InChI=1S/C12H19FN2/c1-10-4-7-15(8-5-10)12(9-14)6-2-3-11(12)13/h10-11H,2-8H2,1H3. The normalized spacial score (nSPS) is 39.1. The van der Waals surface area contributed by atoms with Crippen molar-refractivity contribution in [1.29, 1.82) is 5.26 Å². The molecule has 0 bridgehead atoms.